The number of nitrogens with one attached hydrogen (secondary N) is 1. The van der Waals surface area contributed by atoms with E-state index < -0.39 is 6.10 Å². The Balaban J connectivity index is 1.65. The monoisotopic (exact) mass is 311 g/mol. The van der Waals surface area contributed by atoms with Gasteiger partial charge in [0, 0.05) is 19.6 Å². The summed E-state index contributed by atoms with van der Waals surface area (Å²) in [6, 6.07) is 17.6. The molecule has 0 unspecified atom stereocenters. The van der Waals surface area contributed by atoms with Gasteiger partial charge in [-0.2, -0.15) is 0 Å². The smallest absolute Gasteiger partial charge is 0.253 e. The zero-order valence-electron chi connectivity index (χ0n) is 13.2. The molecule has 0 radical (unpaired) electrons. The fraction of sp³-hybridized carbons (Fsp3) is 0.316. The van der Waals surface area contributed by atoms with Gasteiger partial charge in [0.25, 0.3) is 5.91 Å². The van der Waals surface area contributed by atoms with E-state index in [0.717, 1.165) is 23.3 Å². The predicted octanol–water partition coefficient (Wildman–Crippen LogP) is 3.06. The molecule has 23 heavy (non-hydrogen) atoms. The van der Waals surface area contributed by atoms with E-state index in [4.69, 9.17) is 9.47 Å². The van der Waals surface area contributed by atoms with Crippen LogP contribution in [-0.2, 0) is 9.53 Å². The maximum Gasteiger partial charge on any atom is 0.253 e. The van der Waals surface area contributed by atoms with Crippen LogP contribution in [0.15, 0.2) is 54.6 Å². The summed E-state index contributed by atoms with van der Waals surface area (Å²) in [5.74, 6) is 1.09. The molecule has 0 fully saturated rings. The summed E-state index contributed by atoms with van der Waals surface area (Å²) < 4.78 is 11.0. The standard InChI is InChI=1S/C19H21NO3/c1-22-18(14-7-3-2-4-8-14)19(21)20-13-15-11-12-23-17-10-6-5-9-16(15)17/h2-10,15,18H,11-13H2,1H3,(H,20,21)/t15-,18+/m0/s1. The van der Waals surface area contributed by atoms with Gasteiger partial charge in [-0.3, -0.25) is 4.79 Å². The first-order valence-electron chi connectivity index (χ1n) is 7.86. The van der Waals surface area contributed by atoms with Gasteiger partial charge in [0.1, 0.15) is 5.75 Å². The van der Waals surface area contributed by atoms with Crippen molar-refractivity contribution in [3.05, 3.63) is 65.7 Å². The van der Waals surface area contributed by atoms with Gasteiger partial charge in [-0.25, -0.2) is 0 Å². The van der Waals surface area contributed by atoms with E-state index >= 15 is 0 Å². The van der Waals surface area contributed by atoms with E-state index in [1.807, 2.05) is 48.5 Å². The quantitative estimate of drug-likeness (QED) is 0.923. The van der Waals surface area contributed by atoms with Crippen molar-refractivity contribution in [1.29, 1.82) is 0 Å². The molecule has 4 heteroatoms. The summed E-state index contributed by atoms with van der Waals surface area (Å²) in [4.78, 5) is 12.5. The summed E-state index contributed by atoms with van der Waals surface area (Å²) in [5, 5.41) is 3.02. The summed E-state index contributed by atoms with van der Waals surface area (Å²) in [7, 11) is 1.56. The Kier molecular flexibility index (Phi) is 4.93. The zero-order chi connectivity index (χ0) is 16.1. The number of fused-ring (bicyclic) bond motifs is 1. The lowest BCUT2D eigenvalue weighted by Crippen LogP contribution is -2.34. The third kappa shape index (κ3) is 3.54. The summed E-state index contributed by atoms with van der Waals surface area (Å²) in [6.07, 6.45) is 0.326. The Labute approximate surface area is 136 Å². The number of methoxy groups -OCH3 is 1. The number of hydrogen-bond acceptors (Lipinski definition) is 3. The number of carbonyl (C=O) groups is 1. The van der Waals surface area contributed by atoms with E-state index in [1.165, 1.54) is 0 Å². The van der Waals surface area contributed by atoms with Crippen molar-refractivity contribution in [2.45, 2.75) is 18.4 Å². The summed E-state index contributed by atoms with van der Waals surface area (Å²) in [5.41, 5.74) is 2.02. The van der Waals surface area contributed by atoms with Gasteiger partial charge in [-0.15, -0.1) is 0 Å². The largest absolute Gasteiger partial charge is 0.493 e. The second-order valence-electron chi connectivity index (χ2n) is 5.64. The first-order chi connectivity index (χ1) is 11.3. The van der Waals surface area contributed by atoms with Crippen LogP contribution in [0.2, 0.25) is 0 Å². The molecule has 1 aliphatic heterocycles. The Hall–Kier alpha value is -2.33. The Bertz CT molecular complexity index is 657. The molecular weight excluding hydrogens is 290 g/mol. The van der Waals surface area contributed by atoms with Crippen LogP contribution in [0.4, 0.5) is 0 Å². The van der Waals surface area contributed by atoms with Gasteiger partial charge in [-0.05, 0) is 23.6 Å². The lowest BCUT2D eigenvalue weighted by atomic mass is 9.93. The van der Waals surface area contributed by atoms with Gasteiger partial charge in [0.05, 0.1) is 6.61 Å². The minimum absolute atomic E-state index is 0.109. The average molecular weight is 311 g/mol. The Morgan fingerprint density at radius 1 is 1.22 bits per heavy atom. The van der Waals surface area contributed by atoms with E-state index in [9.17, 15) is 4.79 Å². The maximum absolute atomic E-state index is 12.5. The third-order valence-corrected chi connectivity index (χ3v) is 4.18. The third-order valence-electron chi connectivity index (χ3n) is 4.18. The molecule has 0 aliphatic carbocycles. The fourth-order valence-electron chi connectivity index (χ4n) is 2.97. The van der Waals surface area contributed by atoms with E-state index in [0.29, 0.717) is 13.2 Å². The van der Waals surface area contributed by atoms with Crippen molar-refractivity contribution in [3.63, 3.8) is 0 Å². The highest BCUT2D eigenvalue weighted by molar-refractivity contribution is 5.82. The van der Waals surface area contributed by atoms with Gasteiger partial charge in [0.15, 0.2) is 6.10 Å². The highest BCUT2D eigenvalue weighted by Crippen LogP contribution is 2.32. The molecule has 0 saturated carbocycles. The van der Waals surface area contributed by atoms with Crippen molar-refractivity contribution in [1.82, 2.24) is 5.32 Å². The van der Waals surface area contributed by atoms with Gasteiger partial charge in [0.2, 0.25) is 0 Å². The number of carbonyl (C=O) groups excluding carboxylic acids is 1. The van der Waals surface area contributed by atoms with Crippen LogP contribution in [0, 0.1) is 0 Å². The molecule has 2 atom stereocenters. The van der Waals surface area contributed by atoms with Crippen molar-refractivity contribution in [2.24, 2.45) is 0 Å². The summed E-state index contributed by atoms with van der Waals surface area (Å²) >= 11 is 0. The number of hydrogen-bond donors (Lipinski definition) is 1. The zero-order valence-corrected chi connectivity index (χ0v) is 13.2. The lowest BCUT2D eigenvalue weighted by Gasteiger charge is -2.26. The molecule has 1 N–H and O–H groups in total. The molecule has 120 valence electrons. The average Bonchev–Trinajstić information content (AvgIpc) is 2.61. The highest BCUT2D eigenvalue weighted by Gasteiger charge is 2.24. The van der Waals surface area contributed by atoms with Crippen LogP contribution in [-0.4, -0.2) is 26.2 Å². The molecular formula is C19H21NO3. The molecule has 0 spiro atoms. The molecule has 4 nitrogen and oxygen atoms in total. The molecule has 0 aromatic heterocycles. The molecule has 2 aromatic carbocycles. The topological polar surface area (TPSA) is 47.6 Å². The fourth-order valence-corrected chi connectivity index (χ4v) is 2.97. The van der Waals surface area contributed by atoms with Gasteiger partial charge >= 0.3 is 0 Å². The van der Waals surface area contributed by atoms with E-state index in [1.54, 1.807) is 7.11 Å². The number of benzene rings is 2. The number of ether oxygens (including phenoxy) is 2. The second kappa shape index (κ2) is 7.29. The van der Waals surface area contributed by atoms with Crippen molar-refractivity contribution >= 4 is 5.91 Å². The SMILES string of the molecule is CO[C@@H](C(=O)NC[C@@H]1CCOc2ccccc21)c1ccccc1. The van der Waals surface area contributed by atoms with Crippen molar-refractivity contribution in [2.75, 3.05) is 20.3 Å². The lowest BCUT2D eigenvalue weighted by molar-refractivity contribution is -0.131. The van der Waals surface area contributed by atoms with Crippen molar-refractivity contribution in [3.8, 4) is 5.75 Å². The van der Waals surface area contributed by atoms with Crippen molar-refractivity contribution < 1.29 is 14.3 Å². The molecule has 0 saturated heterocycles. The first-order valence-corrected chi connectivity index (χ1v) is 7.86. The van der Waals surface area contributed by atoms with Crippen LogP contribution in [0.25, 0.3) is 0 Å². The van der Waals surface area contributed by atoms with Gasteiger partial charge in [-0.1, -0.05) is 48.5 Å². The molecule has 1 amide bonds. The van der Waals surface area contributed by atoms with Crippen LogP contribution in [0.3, 0.4) is 0 Å². The van der Waals surface area contributed by atoms with Gasteiger partial charge < -0.3 is 14.8 Å². The second-order valence-corrected chi connectivity index (χ2v) is 5.64. The molecule has 3 rings (SSSR count). The molecule has 0 bridgehead atoms. The minimum Gasteiger partial charge on any atom is -0.493 e. The van der Waals surface area contributed by atoms with Crippen LogP contribution < -0.4 is 10.1 Å². The first kappa shape index (κ1) is 15.6. The van der Waals surface area contributed by atoms with E-state index in [2.05, 4.69) is 11.4 Å². The normalized spacial score (nSPS) is 17.7. The number of para-hydroxylation sites is 1. The summed E-state index contributed by atoms with van der Waals surface area (Å²) in [6.45, 7) is 1.27. The predicted molar refractivity (Wildman–Crippen MR) is 88.5 cm³/mol. The molecule has 1 heterocycles. The van der Waals surface area contributed by atoms with Crippen LogP contribution in [0.1, 0.15) is 29.6 Å². The van der Waals surface area contributed by atoms with Crippen LogP contribution >= 0.6 is 0 Å². The highest BCUT2D eigenvalue weighted by atomic mass is 16.5. The number of rotatable bonds is 5. The number of amides is 1. The molecule has 1 aliphatic rings. The van der Waals surface area contributed by atoms with Crippen LogP contribution in [0.5, 0.6) is 5.75 Å². The Morgan fingerprint density at radius 2 is 1.96 bits per heavy atom. The Morgan fingerprint density at radius 3 is 2.74 bits per heavy atom. The maximum atomic E-state index is 12.5. The van der Waals surface area contributed by atoms with E-state index in [-0.39, 0.29) is 11.8 Å². The molecule has 2 aromatic rings. The minimum atomic E-state index is -0.578.